The Balaban J connectivity index is 2.33. The van der Waals surface area contributed by atoms with E-state index in [2.05, 4.69) is 0 Å². The second kappa shape index (κ2) is 6.36. The Bertz CT molecular complexity index is 552. The zero-order chi connectivity index (χ0) is 13.7. The molecule has 0 fully saturated rings. The Morgan fingerprint density at radius 2 is 1.84 bits per heavy atom. The van der Waals surface area contributed by atoms with E-state index in [0.717, 1.165) is 28.2 Å². The summed E-state index contributed by atoms with van der Waals surface area (Å²) in [6.45, 7) is 2.57. The van der Waals surface area contributed by atoms with E-state index in [-0.39, 0.29) is 6.61 Å². The number of ether oxygens (including phenoxy) is 1. The standard InChI is InChI=1S/C16H19NO2/c1-12-6-7-14(11-17)16(10-12)19-15-5-3-2-4-13(15)8-9-18/h2-7,10,18H,8-9,11,17H2,1H3. The molecule has 0 aliphatic carbocycles. The molecule has 0 amide bonds. The van der Waals surface area contributed by atoms with Crippen LogP contribution < -0.4 is 10.5 Å². The SMILES string of the molecule is Cc1ccc(CN)c(Oc2ccccc2CCO)c1. The summed E-state index contributed by atoms with van der Waals surface area (Å²) in [6.07, 6.45) is 0.583. The minimum absolute atomic E-state index is 0.109. The number of nitrogens with two attached hydrogens (primary N) is 1. The van der Waals surface area contributed by atoms with Gasteiger partial charge in [0.1, 0.15) is 11.5 Å². The fourth-order valence-electron chi connectivity index (χ4n) is 1.97. The van der Waals surface area contributed by atoms with Gasteiger partial charge in [0.15, 0.2) is 0 Å². The van der Waals surface area contributed by atoms with Gasteiger partial charge in [-0.2, -0.15) is 0 Å². The predicted octanol–water partition coefficient (Wildman–Crippen LogP) is 2.78. The number of benzene rings is 2. The average molecular weight is 257 g/mol. The fraction of sp³-hybridized carbons (Fsp3) is 0.250. The van der Waals surface area contributed by atoms with Crippen LogP contribution in [0.3, 0.4) is 0 Å². The van der Waals surface area contributed by atoms with Gasteiger partial charge in [0.05, 0.1) is 0 Å². The summed E-state index contributed by atoms with van der Waals surface area (Å²) in [7, 11) is 0. The molecule has 3 N–H and O–H groups in total. The van der Waals surface area contributed by atoms with Crippen LogP contribution >= 0.6 is 0 Å². The van der Waals surface area contributed by atoms with Crippen molar-refractivity contribution in [2.45, 2.75) is 19.9 Å². The highest BCUT2D eigenvalue weighted by Gasteiger charge is 2.07. The summed E-state index contributed by atoms with van der Waals surface area (Å²) >= 11 is 0. The third-order valence-corrected chi connectivity index (χ3v) is 3.02. The van der Waals surface area contributed by atoms with Crippen LogP contribution in [0.5, 0.6) is 11.5 Å². The van der Waals surface area contributed by atoms with Crippen LogP contribution in [-0.4, -0.2) is 11.7 Å². The smallest absolute Gasteiger partial charge is 0.132 e. The van der Waals surface area contributed by atoms with Crippen LogP contribution in [0.25, 0.3) is 0 Å². The molecular weight excluding hydrogens is 238 g/mol. The molecule has 0 unspecified atom stereocenters. The number of hydrogen-bond acceptors (Lipinski definition) is 3. The molecule has 0 saturated heterocycles. The zero-order valence-corrected chi connectivity index (χ0v) is 11.1. The molecule has 2 aromatic rings. The van der Waals surface area contributed by atoms with Crippen molar-refractivity contribution in [3.8, 4) is 11.5 Å². The molecular formula is C16H19NO2. The molecule has 3 nitrogen and oxygen atoms in total. The van der Waals surface area contributed by atoms with Crippen LogP contribution in [0.15, 0.2) is 42.5 Å². The molecule has 19 heavy (non-hydrogen) atoms. The first-order chi connectivity index (χ1) is 9.24. The molecule has 3 heteroatoms. The molecule has 2 aromatic carbocycles. The molecule has 0 atom stereocenters. The van der Waals surface area contributed by atoms with Crippen molar-refractivity contribution in [2.24, 2.45) is 5.73 Å². The maximum absolute atomic E-state index is 9.08. The van der Waals surface area contributed by atoms with Crippen molar-refractivity contribution in [2.75, 3.05) is 6.61 Å². The molecule has 0 spiro atoms. The van der Waals surface area contributed by atoms with E-state index in [1.54, 1.807) is 0 Å². The van der Waals surface area contributed by atoms with Gasteiger partial charge in [-0.25, -0.2) is 0 Å². The fourth-order valence-corrected chi connectivity index (χ4v) is 1.97. The summed E-state index contributed by atoms with van der Waals surface area (Å²) in [5.74, 6) is 1.56. The average Bonchev–Trinajstić information content (AvgIpc) is 2.42. The second-order valence-corrected chi connectivity index (χ2v) is 4.50. The summed E-state index contributed by atoms with van der Waals surface area (Å²) < 4.78 is 5.97. The number of hydrogen-bond donors (Lipinski definition) is 2. The highest BCUT2D eigenvalue weighted by Crippen LogP contribution is 2.29. The Kier molecular flexibility index (Phi) is 4.55. The maximum Gasteiger partial charge on any atom is 0.132 e. The molecule has 0 radical (unpaired) electrons. The highest BCUT2D eigenvalue weighted by molar-refractivity contribution is 5.43. The van der Waals surface area contributed by atoms with E-state index in [4.69, 9.17) is 15.6 Å². The number of aliphatic hydroxyl groups is 1. The zero-order valence-electron chi connectivity index (χ0n) is 11.1. The van der Waals surface area contributed by atoms with Crippen molar-refractivity contribution in [1.82, 2.24) is 0 Å². The van der Waals surface area contributed by atoms with Crippen LogP contribution in [0.1, 0.15) is 16.7 Å². The first-order valence-corrected chi connectivity index (χ1v) is 6.41. The van der Waals surface area contributed by atoms with Crippen molar-refractivity contribution in [3.63, 3.8) is 0 Å². The summed E-state index contributed by atoms with van der Waals surface area (Å²) in [4.78, 5) is 0. The Morgan fingerprint density at radius 3 is 2.58 bits per heavy atom. The minimum Gasteiger partial charge on any atom is -0.457 e. The van der Waals surface area contributed by atoms with Gasteiger partial charge in [0.2, 0.25) is 0 Å². The van der Waals surface area contributed by atoms with Crippen LogP contribution in [0.2, 0.25) is 0 Å². The maximum atomic E-state index is 9.08. The van der Waals surface area contributed by atoms with Gasteiger partial charge in [-0.1, -0.05) is 30.3 Å². The van der Waals surface area contributed by atoms with E-state index in [9.17, 15) is 0 Å². The lowest BCUT2D eigenvalue weighted by molar-refractivity contribution is 0.298. The van der Waals surface area contributed by atoms with E-state index in [0.29, 0.717) is 13.0 Å². The van der Waals surface area contributed by atoms with Crippen molar-refractivity contribution < 1.29 is 9.84 Å². The van der Waals surface area contributed by atoms with Gasteiger partial charge in [0, 0.05) is 18.7 Å². The molecule has 0 aromatic heterocycles. The van der Waals surface area contributed by atoms with E-state index < -0.39 is 0 Å². The molecule has 100 valence electrons. The number of aliphatic hydroxyl groups excluding tert-OH is 1. The second-order valence-electron chi connectivity index (χ2n) is 4.50. The normalized spacial score (nSPS) is 10.5. The largest absolute Gasteiger partial charge is 0.457 e. The Morgan fingerprint density at radius 1 is 1.05 bits per heavy atom. The minimum atomic E-state index is 0.109. The topological polar surface area (TPSA) is 55.5 Å². The molecule has 0 heterocycles. The van der Waals surface area contributed by atoms with Gasteiger partial charge in [-0.15, -0.1) is 0 Å². The van der Waals surface area contributed by atoms with Gasteiger partial charge < -0.3 is 15.6 Å². The summed E-state index contributed by atoms with van der Waals surface area (Å²) in [5.41, 5.74) is 8.83. The molecule has 2 rings (SSSR count). The van der Waals surface area contributed by atoms with Crippen LogP contribution in [0.4, 0.5) is 0 Å². The lowest BCUT2D eigenvalue weighted by Crippen LogP contribution is -2.01. The lowest BCUT2D eigenvalue weighted by atomic mass is 10.1. The molecule has 0 saturated carbocycles. The molecule has 0 bridgehead atoms. The summed E-state index contributed by atoms with van der Waals surface area (Å²) in [5, 5.41) is 9.08. The lowest BCUT2D eigenvalue weighted by Gasteiger charge is -2.13. The molecule has 0 aliphatic heterocycles. The van der Waals surface area contributed by atoms with Crippen molar-refractivity contribution >= 4 is 0 Å². The van der Waals surface area contributed by atoms with Gasteiger partial charge >= 0.3 is 0 Å². The van der Waals surface area contributed by atoms with Crippen LogP contribution in [0, 0.1) is 6.92 Å². The third kappa shape index (κ3) is 3.34. The van der Waals surface area contributed by atoms with E-state index >= 15 is 0 Å². The monoisotopic (exact) mass is 257 g/mol. The van der Waals surface area contributed by atoms with Crippen molar-refractivity contribution in [1.29, 1.82) is 0 Å². The molecule has 0 aliphatic rings. The quantitative estimate of drug-likeness (QED) is 0.866. The number of rotatable bonds is 5. The Hall–Kier alpha value is -1.84. The number of aryl methyl sites for hydroxylation is 1. The number of para-hydroxylation sites is 1. The van der Waals surface area contributed by atoms with E-state index in [1.807, 2.05) is 49.4 Å². The first kappa shape index (κ1) is 13.6. The predicted molar refractivity (Wildman–Crippen MR) is 76.4 cm³/mol. The third-order valence-electron chi connectivity index (χ3n) is 3.02. The van der Waals surface area contributed by atoms with Gasteiger partial charge in [-0.3, -0.25) is 0 Å². The first-order valence-electron chi connectivity index (χ1n) is 6.41. The van der Waals surface area contributed by atoms with E-state index in [1.165, 1.54) is 0 Å². The highest BCUT2D eigenvalue weighted by atomic mass is 16.5. The summed E-state index contributed by atoms with van der Waals surface area (Å²) in [6, 6.07) is 13.7. The van der Waals surface area contributed by atoms with Gasteiger partial charge in [0.25, 0.3) is 0 Å². The Labute approximate surface area is 113 Å². The van der Waals surface area contributed by atoms with Gasteiger partial charge in [-0.05, 0) is 36.6 Å². The van der Waals surface area contributed by atoms with Crippen molar-refractivity contribution in [3.05, 3.63) is 59.2 Å². The van der Waals surface area contributed by atoms with Crippen LogP contribution in [-0.2, 0) is 13.0 Å².